The summed E-state index contributed by atoms with van der Waals surface area (Å²) in [4.78, 5) is 14.7. The molecule has 0 radical (unpaired) electrons. The zero-order valence-electron chi connectivity index (χ0n) is 19.4. The maximum absolute atomic E-state index is 13.1. The average molecular weight is 456 g/mol. The van der Waals surface area contributed by atoms with Crippen LogP contribution in [0.15, 0.2) is 47.0 Å². The van der Waals surface area contributed by atoms with Crippen LogP contribution in [-0.2, 0) is 11.3 Å². The van der Waals surface area contributed by atoms with Gasteiger partial charge in [0.25, 0.3) is 5.91 Å². The van der Waals surface area contributed by atoms with Gasteiger partial charge in [-0.15, -0.1) is 0 Å². The molecule has 0 aliphatic carbocycles. The Morgan fingerprint density at radius 3 is 2.12 bits per heavy atom. The molecule has 2 aromatic carbocycles. The molecule has 0 fully saturated rings. The minimum atomic E-state index is -0.146. The Kier molecular flexibility index (Phi) is 8.15. The highest BCUT2D eigenvalue weighted by Gasteiger charge is 2.20. The summed E-state index contributed by atoms with van der Waals surface area (Å²) in [6, 6.07) is 12.3. The van der Waals surface area contributed by atoms with Gasteiger partial charge in [-0.1, -0.05) is 5.16 Å². The molecule has 0 saturated carbocycles. The van der Waals surface area contributed by atoms with Gasteiger partial charge in [0.2, 0.25) is 5.75 Å². The molecule has 0 bridgehead atoms. The van der Waals surface area contributed by atoms with Crippen LogP contribution in [0, 0.1) is 0 Å². The Hall–Kier alpha value is -3.72. The van der Waals surface area contributed by atoms with Crippen LogP contribution < -0.4 is 18.9 Å². The van der Waals surface area contributed by atoms with Gasteiger partial charge in [-0.05, 0) is 36.4 Å². The molecule has 0 atom stereocenters. The Morgan fingerprint density at radius 2 is 1.58 bits per heavy atom. The molecule has 176 valence electrons. The highest BCUT2D eigenvalue weighted by Crippen LogP contribution is 2.41. The first kappa shape index (κ1) is 23.9. The Labute approximate surface area is 192 Å². The van der Waals surface area contributed by atoms with Crippen molar-refractivity contribution >= 4 is 5.91 Å². The normalized spacial score (nSPS) is 10.6. The molecule has 0 aliphatic rings. The maximum atomic E-state index is 13.1. The number of hydrogen-bond donors (Lipinski definition) is 0. The molecular weight excluding hydrogens is 428 g/mol. The van der Waals surface area contributed by atoms with Crippen molar-refractivity contribution < 1.29 is 33.0 Å². The number of hydrogen-bond acceptors (Lipinski definition) is 8. The van der Waals surface area contributed by atoms with E-state index in [1.165, 1.54) is 0 Å². The minimum Gasteiger partial charge on any atom is -0.497 e. The zero-order valence-corrected chi connectivity index (χ0v) is 19.4. The number of rotatable bonds is 11. The van der Waals surface area contributed by atoms with Crippen molar-refractivity contribution in [2.45, 2.75) is 6.54 Å². The molecule has 0 aliphatic heterocycles. The van der Waals surface area contributed by atoms with Crippen LogP contribution in [0.25, 0.3) is 11.3 Å². The van der Waals surface area contributed by atoms with Gasteiger partial charge in [-0.25, -0.2) is 0 Å². The highest BCUT2D eigenvalue weighted by molar-refractivity contribution is 5.94. The predicted octanol–water partition coefficient (Wildman–Crippen LogP) is 3.66. The molecule has 9 heteroatoms. The van der Waals surface area contributed by atoms with E-state index in [4.69, 9.17) is 28.2 Å². The second-order valence-corrected chi connectivity index (χ2v) is 7.04. The summed E-state index contributed by atoms with van der Waals surface area (Å²) in [6.45, 7) is 1.04. The van der Waals surface area contributed by atoms with Crippen LogP contribution in [0.2, 0.25) is 0 Å². The van der Waals surface area contributed by atoms with Crippen molar-refractivity contribution in [1.82, 2.24) is 10.1 Å². The average Bonchev–Trinajstić information content (AvgIpc) is 3.33. The van der Waals surface area contributed by atoms with Gasteiger partial charge in [0.1, 0.15) is 11.4 Å². The summed E-state index contributed by atoms with van der Waals surface area (Å²) < 4.78 is 32.1. The van der Waals surface area contributed by atoms with E-state index in [1.54, 1.807) is 82.9 Å². The lowest BCUT2D eigenvalue weighted by atomic mass is 10.1. The molecule has 33 heavy (non-hydrogen) atoms. The first-order valence-corrected chi connectivity index (χ1v) is 10.2. The predicted molar refractivity (Wildman–Crippen MR) is 121 cm³/mol. The van der Waals surface area contributed by atoms with Crippen LogP contribution in [0.4, 0.5) is 0 Å². The monoisotopic (exact) mass is 456 g/mol. The highest BCUT2D eigenvalue weighted by atomic mass is 16.5. The van der Waals surface area contributed by atoms with Gasteiger partial charge in [-0.3, -0.25) is 4.79 Å². The summed E-state index contributed by atoms with van der Waals surface area (Å²) in [5.41, 5.74) is 1.84. The molecule has 9 nitrogen and oxygen atoms in total. The molecule has 3 rings (SSSR count). The van der Waals surface area contributed by atoms with Gasteiger partial charge in [0.15, 0.2) is 17.3 Å². The third kappa shape index (κ3) is 5.56. The molecule has 0 unspecified atom stereocenters. The third-order valence-corrected chi connectivity index (χ3v) is 5.05. The molecule has 0 N–H and O–H groups in total. The molecule has 0 spiro atoms. The Balaban J connectivity index is 1.84. The number of ether oxygens (including phenoxy) is 5. The van der Waals surface area contributed by atoms with Gasteiger partial charge in [0, 0.05) is 30.8 Å². The van der Waals surface area contributed by atoms with Crippen molar-refractivity contribution in [1.29, 1.82) is 0 Å². The smallest absolute Gasteiger partial charge is 0.254 e. The van der Waals surface area contributed by atoms with Crippen molar-refractivity contribution in [3.8, 4) is 34.3 Å². The second kappa shape index (κ2) is 11.2. The standard InChI is InChI=1S/C24H28N2O7/c1-28-11-10-26(24(27)16-6-8-19(29-2)9-7-16)15-18-14-20(33-25-18)17-12-21(30-3)23(32-5)22(13-17)31-4/h6-9,12-14H,10-11,15H2,1-5H3. The number of benzene rings is 2. The van der Waals surface area contributed by atoms with Gasteiger partial charge < -0.3 is 33.1 Å². The minimum absolute atomic E-state index is 0.146. The number of carbonyl (C=O) groups excluding carboxylic acids is 1. The zero-order chi connectivity index (χ0) is 23.8. The number of aromatic nitrogens is 1. The lowest BCUT2D eigenvalue weighted by Gasteiger charge is -2.21. The first-order chi connectivity index (χ1) is 16.0. The van der Waals surface area contributed by atoms with E-state index in [2.05, 4.69) is 5.16 Å². The van der Waals surface area contributed by atoms with Crippen molar-refractivity contribution in [3.05, 3.63) is 53.7 Å². The van der Waals surface area contributed by atoms with E-state index < -0.39 is 0 Å². The maximum Gasteiger partial charge on any atom is 0.254 e. The number of nitrogens with zero attached hydrogens (tertiary/aromatic N) is 2. The van der Waals surface area contributed by atoms with Gasteiger partial charge >= 0.3 is 0 Å². The fourth-order valence-corrected chi connectivity index (χ4v) is 3.31. The van der Waals surface area contributed by atoms with Crippen molar-refractivity contribution in [2.24, 2.45) is 0 Å². The Bertz CT molecular complexity index is 1040. The molecule has 1 amide bonds. The van der Waals surface area contributed by atoms with Crippen LogP contribution in [0.1, 0.15) is 16.1 Å². The SMILES string of the molecule is COCCN(Cc1cc(-c2cc(OC)c(OC)c(OC)c2)on1)C(=O)c1ccc(OC)cc1. The quantitative estimate of drug-likeness (QED) is 0.432. The topological polar surface area (TPSA) is 92.5 Å². The van der Waals surface area contributed by atoms with Crippen molar-refractivity contribution in [2.75, 3.05) is 48.7 Å². The summed E-state index contributed by atoms with van der Waals surface area (Å²) >= 11 is 0. The lowest BCUT2D eigenvalue weighted by molar-refractivity contribution is 0.0676. The van der Waals surface area contributed by atoms with Crippen LogP contribution in [-0.4, -0.2) is 64.7 Å². The fourth-order valence-electron chi connectivity index (χ4n) is 3.31. The fraction of sp³-hybridized carbons (Fsp3) is 0.333. The van der Waals surface area contributed by atoms with E-state index in [0.29, 0.717) is 58.7 Å². The van der Waals surface area contributed by atoms with Gasteiger partial charge in [-0.2, -0.15) is 0 Å². The molecular formula is C24H28N2O7. The summed E-state index contributed by atoms with van der Waals surface area (Å²) in [6.07, 6.45) is 0. The first-order valence-electron chi connectivity index (χ1n) is 10.2. The summed E-state index contributed by atoms with van der Waals surface area (Å²) in [7, 11) is 7.81. The van der Waals surface area contributed by atoms with Crippen LogP contribution in [0.5, 0.6) is 23.0 Å². The van der Waals surface area contributed by atoms with Crippen LogP contribution in [0.3, 0.4) is 0 Å². The Morgan fingerprint density at radius 1 is 0.909 bits per heavy atom. The molecule has 1 heterocycles. The molecule has 0 saturated heterocycles. The molecule has 1 aromatic heterocycles. The van der Waals surface area contributed by atoms with E-state index in [9.17, 15) is 4.79 Å². The third-order valence-electron chi connectivity index (χ3n) is 5.05. The number of methoxy groups -OCH3 is 5. The van der Waals surface area contributed by atoms with E-state index in [0.717, 1.165) is 0 Å². The molecule has 3 aromatic rings. The number of amides is 1. The van der Waals surface area contributed by atoms with E-state index >= 15 is 0 Å². The largest absolute Gasteiger partial charge is 0.497 e. The van der Waals surface area contributed by atoms with E-state index in [1.807, 2.05) is 0 Å². The number of carbonyl (C=O) groups is 1. The van der Waals surface area contributed by atoms with Gasteiger partial charge in [0.05, 0.1) is 41.6 Å². The van der Waals surface area contributed by atoms with Crippen LogP contribution >= 0.6 is 0 Å². The second-order valence-electron chi connectivity index (χ2n) is 7.04. The van der Waals surface area contributed by atoms with E-state index in [-0.39, 0.29) is 12.5 Å². The lowest BCUT2D eigenvalue weighted by Crippen LogP contribution is -2.33. The summed E-state index contributed by atoms with van der Waals surface area (Å²) in [5.74, 6) is 2.53. The van der Waals surface area contributed by atoms with Crippen molar-refractivity contribution in [3.63, 3.8) is 0 Å². The summed E-state index contributed by atoms with van der Waals surface area (Å²) in [5, 5.41) is 4.15.